The molecule has 0 radical (unpaired) electrons. The summed E-state index contributed by atoms with van der Waals surface area (Å²) in [6.45, 7) is 3.60. The van der Waals surface area contributed by atoms with Crippen molar-refractivity contribution in [3.05, 3.63) is 23.8 Å². The van der Waals surface area contributed by atoms with Crippen LogP contribution in [0.4, 0.5) is 11.4 Å². The molecule has 1 aliphatic rings. The smallest absolute Gasteiger partial charge is 0.0642 e. The molecule has 3 nitrogen and oxygen atoms in total. The van der Waals surface area contributed by atoms with Crippen LogP contribution in [0.15, 0.2) is 18.2 Å². The number of benzene rings is 1. The highest BCUT2D eigenvalue weighted by Gasteiger charge is 2.14. The molecule has 16 heavy (non-hydrogen) atoms. The Bertz CT molecular complexity index is 351. The third kappa shape index (κ3) is 2.62. The third-order valence-electron chi connectivity index (χ3n) is 2.76. The van der Waals surface area contributed by atoms with Crippen LogP contribution in [-0.4, -0.2) is 32.6 Å². The minimum Gasteiger partial charge on any atom is -0.399 e. The number of morpholine rings is 1. The molecule has 88 valence electrons. The van der Waals surface area contributed by atoms with E-state index in [1.807, 2.05) is 17.8 Å². The van der Waals surface area contributed by atoms with E-state index >= 15 is 0 Å². The molecule has 0 bridgehead atoms. The van der Waals surface area contributed by atoms with Crippen molar-refractivity contribution in [2.75, 3.05) is 43.2 Å². The van der Waals surface area contributed by atoms with Gasteiger partial charge in [0.15, 0.2) is 0 Å². The van der Waals surface area contributed by atoms with Gasteiger partial charge in [-0.1, -0.05) is 0 Å². The predicted octanol–water partition coefficient (Wildman–Crippen LogP) is 1.97. The molecule has 1 aromatic rings. The molecule has 0 aromatic heterocycles. The Hall–Kier alpha value is -0.870. The summed E-state index contributed by atoms with van der Waals surface area (Å²) in [7, 11) is 0. The van der Waals surface area contributed by atoms with Crippen molar-refractivity contribution in [2.45, 2.75) is 5.75 Å². The molecule has 1 fully saturated rings. The fraction of sp³-hybridized carbons (Fsp3) is 0.500. The highest BCUT2D eigenvalue weighted by molar-refractivity contribution is 7.97. The van der Waals surface area contributed by atoms with Crippen molar-refractivity contribution < 1.29 is 4.74 Å². The molecular weight excluding hydrogens is 220 g/mol. The largest absolute Gasteiger partial charge is 0.399 e. The van der Waals surface area contributed by atoms with E-state index in [9.17, 15) is 0 Å². The first-order valence-corrected chi connectivity index (χ1v) is 6.90. The molecule has 0 saturated carbocycles. The quantitative estimate of drug-likeness (QED) is 0.817. The Balaban J connectivity index is 2.23. The Labute approximate surface area is 101 Å². The maximum Gasteiger partial charge on any atom is 0.0642 e. The van der Waals surface area contributed by atoms with Crippen molar-refractivity contribution in [3.63, 3.8) is 0 Å². The van der Waals surface area contributed by atoms with Gasteiger partial charge in [-0.05, 0) is 30.0 Å². The van der Waals surface area contributed by atoms with Crippen LogP contribution in [0, 0.1) is 0 Å². The van der Waals surface area contributed by atoms with Crippen LogP contribution in [0.1, 0.15) is 5.56 Å². The molecule has 1 heterocycles. The van der Waals surface area contributed by atoms with Crippen molar-refractivity contribution in [1.29, 1.82) is 0 Å². The number of nitrogens with two attached hydrogens (primary N) is 1. The topological polar surface area (TPSA) is 38.5 Å². The van der Waals surface area contributed by atoms with Crippen molar-refractivity contribution in [3.8, 4) is 0 Å². The van der Waals surface area contributed by atoms with Crippen molar-refractivity contribution in [1.82, 2.24) is 0 Å². The van der Waals surface area contributed by atoms with Gasteiger partial charge in [-0.3, -0.25) is 0 Å². The molecule has 0 amide bonds. The first-order chi connectivity index (χ1) is 7.81. The average Bonchev–Trinajstić information content (AvgIpc) is 2.31. The maximum atomic E-state index is 5.83. The maximum absolute atomic E-state index is 5.83. The van der Waals surface area contributed by atoms with Crippen molar-refractivity contribution >= 4 is 23.1 Å². The van der Waals surface area contributed by atoms with Gasteiger partial charge >= 0.3 is 0 Å². The second-order valence-electron chi connectivity index (χ2n) is 3.92. The zero-order valence-electron chi connectivity index (χ0n) is 9.61. The summed E-state index contributed by atoms with van der Waals surface area (Å²) >= 11 is 1.83. The molecule has 0 spiro atoms. The number of hydrogen-bond donors (Lipinski definition) is 1. The lowest BCUT2D eigenvalue weighted by molar-refractivity contribution is 0.122. The van der Waals surface area contributed by atoms with E-state index in [2.05, 4.69) is 23.3 Å². The average molecular weight is 238 g/mol. The first-order valence-electron chi connectivity index (χ1n) is 5.51. The predicted molar refractivity (Wildman–Crippen MR) is 71.1 cm³/mol. The van der Waals surface area contributed by atoms with Crippen LogP contribution in [-0.2, 0) is 10.5 Å². The van der Waals surface area contributed by atoms with Gasteiger partial charge in [-0.25, -0.2) is 0 Å². The van der Waals surface area contributed by atoms with E-state index in [4.69, 9.17) is 10.5 Å². The van der Waals surface area contributed by atoms with Gasteiger partial charge in [0, 0.05) is 30.2 Å². The number of nitrogen functional groups attached to an aromatic ring is 1. The Morgan fingerprint density at radius 3 is 2.81 bits per heavy atom. The van der Waals surface area contributed by atoms with E-state index in [-0.39, 0.29) is 0 Å². The Kier molecular flexibility index (Phi) is 3.96. The van der Waals surface area contributed by atoms with Crippen LogP contribution >= 0.6 is 11.8 Å². The number of hydrogen-bond acceptors (Lipinski definition) is 4. The lowest BCUT2D eigenvalue weighted by Gasteiger charge is -2.30. The lowest BCUT2D eigenvalue weighted by Crippen LogP contribution is -2.36. The molecular formula is C12H18N2OS. The molecule has 1 aromatic carbocycles. The fourth-order valence-corrected chi connectivity index (χ4v) is 2.53. The molecule has 4 heteroatoms. The van der Waals surface area contributed by atoms with E-state index in [0.717, 1.165) is 37.7 Å². The minimum atomic E-state index is 0.823. The Morgan fingerprint density at radius 1 is 1.38 bits per heavy atom. The van der Waals surface area contributed by atoms with E-state index in [1.165, 1.54) is 11.3 Å². The molecule has 0 aliphatic carbocycles. The van der Waals surface area contributed by atoms with E-state index in [1.54, 1.807) is 0 Å². The monoisotopic (exact) mass is 238 g/mol. The van der Waals surface area contributed by atoms with Gasteiger partial charge in [-0.15, -0.1) is 0 Å². The molecule has 1 saturated heterocycles. The van der Waals surface area contributed by atoms with Gasteiger partial charge in [0.25, 0.3) is 0 Å². The standard InChI is InChI=1S/C12H18N2OS/c1-16-9-10-8-11(13)2-3-12(10)14-4-6-15-7-5-14/h2-3,8H,4-7,9,13H2,1H3. The lowest BCUT2D eigenvalue weighted by atomic mass is 10.1. The highest BCUT2D eigenvalue weighted by atomic mass is 32.2. The SMILES string of the molecule is CSCc1cc(N)ccc1N1CCOCC1. The molecule has 2 N–H and O–H groups in total. The van der Waals surface area contributed by atoms with Gasteiger partial charge in [-0.2, -0.15) is 11.8 Å². The molecule has 0 atom stereocenters. The van der Waals surface area contributed by atoms with E-state index in [0.29, 0.717) is 0 Å². The second kappa shape index (κ2) is 5.46. The zero-order valence-corrected chi connectivity index (χ0v) is 10.4. The summed E-state index contributed by atoms with van der Waals surface area (Å²) in [5.41, 5.74) is 9.32. The fourth-order valence-electron chi connectivity index (χ4n) is 1.99. The number of thioether (sulfide) groups is 1. The number of rotatable bonds is 3. The minimum absolute atomic E-state index is 0.823. The van der Waals surface area contributed by atoms with Gasteiger partial charge in [0.1, 0.15) is 0 Å². The second-order valence-corrected chi connectivity index (χ2v) is 4.79. The molecule has 0 unspecified atom stereocenters. The van der Waals surface area contributed by atoms with Crippen molar-refractivity contribution in [2.24, 2.45) is 0 Å². The number of nitrogens with zero attached hydrogens (tertiary/aromatic N) is 1. The summed E-state index contributed by atoms with van der Waals surface area (Å²) in [5, 5.41) is 0. The van der Waals surface area contributed by atoms with Crippen LogP contribution in [0.5, 0.6) is 0 Å². The Morgan fingerprint density at radius 2 is 2.12 bits per heavy atom. The van der Waals surface area contributed by atoms with Gasteiger partial charge in [0.05, 0.1) is 13.2 Å². The zero-order chi connectivity index (χ0) is 11.4. The first kappa shape index (κ1) is 11.6. The van der Waals surface area contributed by atoms with Crippen LogP contribution in [0.25, 0.3) is 0 Å². The number of anilines is 2. The van der Waals surface area contributed by atoms with Gasteiger partial charge < -0.3 is 15.4 Å². The summed E-state index contributed by atoms with van der Waals surface area (Å²) in [6.07, 6.45) is 2.12. The third-order valence-corrected chi connectivity index (χ3v) is 3.35. The van der Waals surface area contributed by atoms with Crippen LogP contribution < -0.4 is 10.6 Å². The van der Waals surface area contributed by atoms with Crippen LogP contribution in [0.3, 0.4) is 0 Å². The van der Waals surface area contributed by atoms with E-state index < -0.39 is 0 Å². The molecule has 2 rings (SSSR count). The summed E-state index contributed by atoms with van der Waals surface area (Å²) in [5.74, 6) is 1.01. The highest BCUT2D eigenvalue weighted by Crippen LogP contribution is 2.26. The molecule has 1 aliphatic heterocycles. The summed E-state index contributed by atoms with van der Waals surface area (Å²) < 4.78 is 5.37. The normalized spacial score (nSPS) is 16.4. The summed E-state index contributed by atoms with van der Waals surface area (Å²) in [6, 6.07) is 6.20. The van der Waals surface area contributed by atoms with Gasteiger partial charge in [0.2, 0.25) is 0 Å². The van der Waals surface area contributed by atoms with Crippen LogP contribution in [0.2, 0.25) is 0 Å². The number of ether oxygens (including phenoxy) is 1. The summed E-state index contributed by atoms with van der Waals surface area (Å²) in [4.78, 5) is 2.38.